The lowest BCUT2D eigenvalue weighted by Gasteiger charge is -2.12. The van der Waals surface area contributed by atoms with Gasteiger partial charge in [-0.2, -0.15) is 11.8 Å². The average Bonchev–Trinajstić information content (AvgIpc) is 2.96. The summed E-state index contributed by atoms with van der Waals surface area (Å²) < 4.78 is 5.41. The van der Waals surface area contributed by atoms with Gasteiger partial charge in [-0.05, 0) is 25.1 Å². The van der Waals surface area contributed by atoms with E-state index in [-0.39, 0.29) is 0 Å². The van der Waals surface area contributed by atoms with Crippen molar-refractivity contribution in [2.75, 3.05) is 19.0 Å². The molecule has 0 fully saturated rings. The number of hydrogen-bond acceptors (Lipinski definition) is 5. The van der Waals surface area contributed by atoms with Crippen molar-refractivity contribution in [3.05, 3.63) is 34.5 Å². The van der Waals surface area contributed by atoms with E-state index in [4.69, 9.17) is 21.3 Å². The van der Waals surface area contributed by atoms with Crippen molar-refractivity contribution in [2.24, 2.45) is 0 Å². The standard InChI is InChI=1S/C15H16ClN3OS/c1-3-17-14-11-7-21-8-12(11)18-15(19-14)10-5-4-9(16)6-13(10)20-2/h4-6H,3,7-8H2,1-2H3,(H,17,18,19). The molecule has 4 nitrogen and oxygen atoms in total. The fraction of sp³-hybridized carbons (Fsp3) is 0.333. The van der Waals surface area contributed by atoms with E-state index < -0.39 is 0 Å². The van der Waals surface area contributed by atoms with Crippen LogP contribution in [-0.2, 0) is 11.5 Å². The zero-order chi connectivity index (χ0) is 14.8. The first-order chi connectivity index (χ1) is 10.2. The molecule has 1 aromatic carbocycles. The number of hydrogen-bond donors (Lipinski definition) is 1. The average molecular weight is 322 g/mol. The largest absolute Gasteiger partial charge is 0.496 e. The van der Waals surface area contributed by atoms with Crippen LogP contribution in [0, 0.1) is 0 Å². The van der Waals surface area contributed by atoms with Crippen LogP contribution in [0.15, 0.2) is 18.2 Å². The monoisotopic (exact) mass is 321 g/mol. The van der Waals surface area contributed by atoms with E-state index in [1.165, 1.54) is 5.56 Å². The first-order valence-corrected chi connectivity index (χ1v) is 8.31. The van der Waals surface area contributed by atoms with Gasteiger partial charge in [-0.15, -0.1) is 0 Å². The van der Waals surface area contributed by atoms with Gasteiger partial charge < -0.3 is 10.1 Å². The van der Waals surface area contributed by atoms with Gasteiger partial charge in [0.05, 0.1) is 18.4 Å². The van der Waals surface area contributed by atoms with E-state index >= 15 is 0 Å². The topological polar surface area (TPSA) is 47.0 Å². The zero-order valence-electron chi connectivity index (χ0n) is 11.9. The van der Waals surface area contributed by atoms with Gasteiger partial charge in [0, 0.05) is 28.6 Å². The number of nitrogens with one attached hydrogen (secondary N) is 1. The maximum Gasteiger partial charge on any atom is 0.165 e. The van der Waals surface area contributed by atoms with Crippen LogP contribution in [-0.4, -0.2) is 23.6 Å². The van der Waals surface area contributed by atoms with Crippen LogP contribution in [0.1, 0.15) is 18.2 Å². The fourth-order valence-electron chi connectivity index (χ4n) is 2.34. The van der Waals surface area contributed by atoms with Gasteiger partial charge >= 0.3 is 0 Å². The minimum atomic E-state index is 0.638. The van der Waals surface area contributed by atoms with Crippen molar-refractivity contribution >= 4 is 29.2 Å². The summed E-state index contributed by atoms with van der Waals surface area (Å²) in [5, 5.41) is 3.97. The SMILES string of the molecule is CCNc1nc(-c2ccc(Cl)cc2OC)nc2c1CSC2. The molecule has 1 N–H and O–H groups in total. The predicted octanol–water partition coefficient (Wildman–Crippen LogP) is 3.98. The van der Waals surface area contributed by atoms with Gasteiger partial charge in [-0.25, -0.2) is 9.97 Å². The van der Waals surface area contributed by atoms with E-state index in [2.05, 4.69) is 17.2 Å². The maximum absolute atomic E-state index is 6.02. The lowest BCUT2D eigenvalue weighted by molar-refractivity contribution is 0.416. The molecule has 6 heteroatoms. The fourth-order valence-corrected chi connectivity index (χ4v) is 3.54. The highest BCUT2D eigenvalue weighted by Gasteiger charge is 2.21. The third kappa shape index (κ3) is 2.80. The number of ether oxygens (including phenoxy) is 1. The lowest BCUT2D eigenvalue weighted by atomic mass is 10.1. The zero-order valence-corrected chi connectivity index (χ0v) is 13.5. The van der Waals surface area contributed by atoms with Crippen LogP contribution in [0.4, 0.5) is 5.82 Å². The molecule has 1 aliphatic rings. The summed E-state index contributed by atoms with van der Waals surface area (Å²) in [7, 11) is 1.63. The highest BCUT2D eigenvalue weighted by Crippen LogP contribution is 2.37. The second kappa shape index (κ2) is 6.12. The number of aromatic nitrogens is 2. The van der Waals surface area contributed by atoms with Gasteiger partial charge in [-0.3, -0.25) is 0 Å². The van der Waals surface area contributed by atoms with Crippen molar-refractivity contribution in [1.29, 1.82) is 0 Å². The highest BCUT2D eigenvalue weighted by atomic mass is 35.5. The number of halogens is 1. The Bertz CT molecular complexity index is 678. The highest BCUT2D eigenvalue weighted by molar-refractivity contribution is 7.98. The molecule has 0 amide bonds. The summed E-state index contributed by atoms with van der Waals surface area (Å²) in [5.41, 5.74) is 3.19. The summed E-state index contributed by atoms with van der Waals surface area (Å²) in [5.74, 6) is 4.20. The molecule has 1 aromatic heterocycles. The van der Waals surface area contributed by atoms with E-state index in [0.29, 0.717) is 16.6 Å². The molecular weight excluding hydrogens is 306 g/mol. The molecule has 110 valence electrons. The van der Waals surface area contributed by atoms with Crippen LogP contribution in [0.25, 0.3) is 11.4 Å². The summed E-state index contributed by atoms with van der Waals surface area (Å²) in [6.07, 6.45) is 0. The predicted molar refractivity (Wildman–Crippen MR) is 88.2 cm³/mol. The third-order valence-corrected chi connectivity index (χ3v) is 4.53. The van der Waals surface area contributed by atoms with Crippen molar-refractivity contribution in [3.63, 3.8) is 0 Å². The van der Waals surface area contributed by atoms with Crippen molar-refractivity contribution in [2.45, 2.75) is 18.4 Å². The Morgan fingerprint density at radius 1 is 1.33 bits per heavy atom. The Morgan fingerprint density at radius 3 is 2.95 bits per heavy atom. The molecule has 1 aliphatic heterocycles. The minimum Gasteiger partial charge on any atom is -0.496 e. The van der Waals surface area contributed by atoms with Gasteiger partial charge in [0.1, 0.15) is 11.6 Å². The maximum atomic E-state index is 6.02. The Kier molecular flexibility index (Phi) is 4.22. The molecule has 0 aliphatic carbocycles. The van der Waals surface area contributed by atoms with Crippen molar-refractivity contribution in [1.82, 2.24) is 9.97 Å². The Labute approximate surface area is 133 Å². The number of thioether (sulfide) groups is 1. The van der Waals surface area contributed by atoms with Crippen LogP contribution in [0.2, 0.25) is 5.02 Å². The summed E-state index contributed by atoms with van der Waals surface area (Å²) in [4.78, 5) is 9.39. The quantitative estimate of drug-likeness (QED) is 0.922. The Hall–Kier alpha value is -1.46. The molecule has 0 atom stereocenters. The van der Waals surface area contributed by atoms with Gasteiger partial charge in [0.15, 0.2) is 5.82 Å². The smallest absolute Gasteiger partial charge is 0.165 e. The first kappa shape index (κ1) is 14.5. The van der Waals surface area contributed by atoms with Crippen LogP contribution >= 0.6 is 23.4 Å². The van der Waals surface area contributed by atoms with Crippen molar-refractivity contribution in [3.8, 4) is 17.1 Å². The molecule has 0 spiro atoms. The van der Waals surface area contributed by atoms with E-state index in [0.717, 1.165) is 35.1 Å². The summed E-state index contributed by atoms with van der Waals surface area (Å²) >= 11 is 7.89. The van der Waals surface area contributed by atoms with Gasteiger partial charge in [0.2, 0.25) is 0 Å². The van der Waals surface area contributed by atoms with Crippen molar-refractivity contribution < 1.29 is 4.74 Å². The lowest BCUT2D eigenvalue weighted by Crippen LogP contribution is -2.07. The van der Waals surface area contributed by atoms with Crippen LogP contribution in [0.5, 0.6) is 5.75 Å². The second-order valence-electron chi connectivity index (χ2n) is 4.69. The van der Waals surface area contributed by atoms with E-state index in [1.54, 1.807) is 13.2 Å². The Balaban J connectivity index is 2.13. The normalized spacial score (nSPS) is 13.1. The molecule has 0 saturated heterocycles. The van der Waals surface area contributed by atoms with Gasteiger partial charge in [0.25, 0.3) is 0 Å². The number of anilines is 1. The van der Waals surface area contributed by atoms with Crippen LogP contribution < -0.4 is 10.1 Å². The van der Waals surface area contributed by atoms with E-state index in [9.17, 15) is 0 Å². The number of methoxy groups -OCH3 is 1. The summed E-state index contributed by atoms with van der Waals surface area (Å²) in [6.45, 7) is 2.91. The molecule has 2 heterocycles. The van der Waals surface area contributed by atoms with E-state index in [1.807, 2.05) is 23.9 Å². The molecule has 0 bridgehead atoms. The first-order valence-electron chi connectivity index (χ1n) is 6.78. The number of fused-ring (bicyclic) bond motifs is 1. The Morgan fingerprint density at radius 2 is 2.19 bits per heavy atom. The molecule has 2 aromatic rings. The number of rotatable bonds is 4. The summed E-state index contributed by atoms with van der Waals surface area (Å²) in [6, 6.07) is 5.52. The molecule has 3 rings (SSSR count). The number of benzene rings is 1. The molecular formula is C15H16ClN3OS. The molecule has 0 saturated carbocycles. The third-order valence-electron chi connectivity index (χ3n) is 3.33. The minimum absolute atomic E-state index is 0.638. The molecule has 21 heavy (non-hydrogen) atoms. The molecule has 0 unspecified atom stereocenters. The van der Waals surface area contributed by atoms with Gasteiger partial charge in [-0.1, -0.05) is 11.6 Å². The second-order valence-corrected chi connectivity index (χ2v) is 6.11. The molecule has 0 radical (unpaired) electrons. The number of nitrogens with zero attached hydrogens (tertiary/aromatic N) is 2. The van der Waals surface area contributed by atoms with Crippen LogP contribution in [0.3, 0.4) is 0 Å².